The third-order valence-corrected chi connectivity index (χ3v) is 4.87. The molecule has 0 heterocycles. The molecule has 2 N–H and O–H groups in total. The van der Waals surface area contributed by atoms with Gasteiger partial charge in [0.2, 0.25) is 5.91 Å². The van der Waals surface area contributed by atoms with E-state index in [0.717, 1.165) is 23.3 Å². The van der Waals surface area contributed by atoms with Gasteiger partial charge in [-0.25, -0.2) is 4.79 Å². The molecule has 2 atom stereocenters. The molecule has 156 valence electrons. The average molecular weight is 399 g/mol. The zero-order valence-electron chi connectivity index (χ0n) is 17.3. The van der Waals surface area contributed by atoms with Gasteiger partial charge in [0.05, 0.1) is 7.11 Å². The second-order valence-electron chi connectivity index (χ2n) is 6.92. The van der Waals surface area contributed by atoms with Crippen LogP contribution in [-0.4, -0.2) is 31.7 Å². The van der Waals surface area contributed by atoms with Gasteiger partial charge in [-0.05, 0) is 29.5 Å². The molecule has 0 aliphatic heterocycles. The van der Waals surface area contributed by atoms with Gasteiger partial charge in [0.25, 0.3) is 0 Å². The Labute approximate surface area is 172 Å². The van der Waals surface area contributed by atoms with Crippen molar-refractivity contribution in [3.05, 3.63) is 65.7 Å². The number of nitrogens with one attached hydrogen (secondary N) is 2. The Hall–Kier alpha value is -3.02. The van der Waals surface area contributed by atoms with Gasteiger partial charge in [-0.2, -0.15) is 0 Å². The third kappa shape index (κ3) is 7.14. The molecule has 0 saturated carbocycles. The maximum absolute atomic E-state index is 12.7. The van der Waals surface area contributed by atoms with Crippen molar-refractivity contribution in [1.82, 2.24) is 10.6 Å². The smallest absolute Gasteiger partial charge is 0.408 e. The van der Waals surface area contributed by atoms with Gasteiger partial charge in [-0.1, -0.05) is 68.8 Å². The number of methoxy groups -OCH3 is 1. The molecule has 6 heteroatoms. The highest BCUT2D eigenvalue weighted by molar-refractivity contribution is 5.85. The highest BCUT2D eigenvalue weighted by Crippen LogP contribution is 2.17. The number of benzene rings is 2. The number of rotatable bonds is 10. The van der Waals surface area contributed by atoms with Crippen LogP contribution in [0.2, 0.25) is 0 Å². The number of carbonyl (C=O) groups excluding carboxylic acids is 2. The largest absolute Gasteiger partial charge is 0.496 e. The zero-order valence-corrected chi connectivity index (χ0v) is 17.3. The first-order chi connectivity index (χ1) is 14.0. The second-order valence-corrected chi connectivity index (χ2v) is 6.92. The van der Waals surface area contributed by atoms with Crippen molar-refractivity contribution in [1.29, 1.82) is 0 Å². The minimum absolute atomic E-state index is 0.0227. The van der Waals surface area contributed by atoms with Crippen LogP contribution in [0, 0.1) is 5.92 Å². The summed E-state index contributed by atoms with van der Waals surface area (Å²) >= 11 is 0. The van der Waals surface area contributed by atoms with Crippen LogP contribution in [0.15, 0.2) is 54.6 Å². The van der Waals surface area contributed by atoms with Crippen molar-refractivity contribution in [3.63, 3.8) is 0 Å². The molecule has 0 aromatic heterocycles. The maximum Gasteiger partial charge on any atom is 0.408 e. The lowest BCUT2D eigenvalue weighted by molar-refractivity contribution is -0.124. The number of para-hydroxylation sites is 1. The van der Waals surface area contributed by atoms with Gasteiger partial charge in [-0.3, -0.25) is 4.79 Å². The SMILES string of the molecule is CC[C@H](C)[C@H](NC(=O)OCc1ccccc1)C(=O)NCCc1ccccc1OC. The molecule has 0 unspecified atom stereocenters. The van der Waals surface area contributed by atoms with Crippen molar-refractivity contribution in [2.45, 2.75) is 39.3 Å². The van der Waals surface area contributed by atoms with Crippen molar-refractivity contribution < 1.29 is 19.1 Å². The molecule has 0 bridgehead atoms. The molecule has 2 aromatic carbocycles. The van der Waals surface area contributed by atoms with E-state index >= 15 is 0 Å². The average Bonchev–Trinajstić information content (AvgIpc) is 2.76. The number of alkyl carbamates (subject to hydrolysis) is 1. The molecule has 0 saturated heterocycles. The summed E-state index contributed by atoms with van der Waals surface area (Å²) < 4.78 is 10.6. The van der Waals surface area contributed by atoms with Gasteiger partial charge in [0.1, 0.15) is 18.4 Å². The molecule has 0 radical (unpaired) electrons. The van der Waals surface area contributed by atoms with Gasteiger partial charge < -0.3 is 20.1 Å². The number of amides is 2. The fourth-order valence-corrected chi connectivity index (χ4v) is 2.93. The Morgan fingerprint density at radius 2 is 1.72 bits per heavy atom. The van der Waals surface area contributed by atoms with Crippen LogP contribution < -0.4 is 15.4 Å². The highest BCUT2D eigenvalue weighted by Gasteiger charge is 2.26. The van der Waals surface area contributed by atoms with E-state index in [4.69, 9.17) is 9.47 Å². The lowest BCUT2D eigenvalue weighted by Crippen LogP contribution is -2.50. The Morgan fingerprint density at radius 3 is 2.41 bits per heavy atom. The van der Waals surface area contributed by atoms with E-state index in [1.54, 1.807) is 7.11 Å². The number of carbonyl (C=O) groups is 2. The molecule has 0 fully saturated rings. The lowest BCUT2D eigenvalue weighted by Gasteiger charge is -2.23. The molecule has 2 rings (SSSR count). The quantitative estimate of drug-likeness (QED) is 0.640. The first-order valence-electron chi connectivity index (χ1n) is 9.92. The van der Waals surface area contributed by atoms with Gasteiger partial charge in [0, 0.05) is 6.54 Å². The summed E-state index contributed by atoms with van der Waals surface area (Å²) in [6.45, 7) is 4.53. The summed E-state index contributed by atoms with van der Waals surface area (Å²) in [5, 5.41) is 5.62. The number of hydrogen-bond donors (Lipinski definition) is 2. The molecular weight excluding hydrogens is 368 g/mol. The van der Waals surface area contributed by atoms with E-state index in [-0.39, 0.29) is 18.4 Å². The molecule has 6 nitrogen and oxygen atoms in total. The Morgan fingerprint density at radius 1 is 1.03 bits per heavy atom. The topological polar surface area (TPSA) is 76.7 Å². The molecule has 0 aliphatic rings. The second kappa shape index (κ2) is 11.7. The number of ether oxygens (including phenoxy) is 2. The van der Waals surface area contributed by atoms with Crippen LogP contribution in [0.5, 0.6) is 5.75 Å². The van der Waals surface area contributed by atoms with E-state index in [2.05, 4.69) is 10.6 Å². The summed E-state index contributed by atoms with van der Waals surface area (Å²) in [5.41, 5.74) is 1.91. The molecular formula is C23H30N2O4. The third-order valence-electron chi connectivity index (χ3n) is 4.87. The lowest BCUT2D eigenvalue weighted by atomic mass is 9.98. The van der Waals surface area contributed by atoms with Crippen molar-refractivity contribution >= 4 is 12.0 Å². The summed E-state index contributed by atoms with van der Waals surface area (Å²) in [4.78, 5) is 24.9. The minimum atomic E-state index is -0.652. The Kier molecular flexibility index (Phi) is 9.02. The van der Waals surface area contributed by atoms with Gasteiger partial charge in [0.15, 0.2) is 0 Å². The molecule has 29 heavy (non-hydrogen) atoms. The Balaban J connectivity index is 1.87. The summed E-state index contributed by atoms with van der Waals surface area (Å²) in [6.07, 6.45) is 0.796. The summed E-state index contributed by atoms with van der Waals surface area (Å²) in [7, 11) is 1.63. The van der Waals surface area contributed by atoms with Gasteiger partial charge in [-0.15, -0.1) is 0 Å². The molecule has 0 aliphatic carbocycles. The number of hydrogen-bond acceptors (Lipinski definition) is 4. The highest BCUT2D eigenvalue weighted by atomic mass is 16.5. The fraction of sp³-hybridized carbons (Fsp3) is 0.391. The van der Waals surface area contributed by atoms with Crippen molar-refractivity contribution in [3.8, 4) is 5.75 Å². The zero-order chi connectivity index (χ0) is 21.1. The monoisotopic (exact) mass is 398 g/mol. The van der Waals surface area contributed by atoms with E-state index in [0.29, 0.717) is 13.0 Å². The van der Waals surface area contributed by atoms with Crippen molar-refractivity contribution in [2.24, 2.45) is 5.92 Å². The molecule has 2 aromatic rings. The first-order valence-corrected chi connectivity index (χ1v) is 9.92. The standard InChI is InChI=1S/C23H30N2O4/c1-4-17(2)21(25-23(27)29-16-18-10-6-5-7-11-18)22(26)24-15-14-19-12-8-9-13-20(19)28-3/h5-13,17,21H,4,14-16H2,1-3H3,(H,24,26)(H,25,27)/t17-,21-/m0/s1. The van der Waals surface area contributed by atoms with E-state index < -0.39 is 12.1 Å². The maximum atomic E-state index is 12.7. The fourth-order valence-electron chi connectivity index (χ4n) is 2.93. The van der Waals surface area contributed by atoms with Crippen LogP contribution in [0.3, 0.4) is 0 Å². The first kappa shape index (κ1) is 22.3. The predicted octanol–water partition coefficient (Wildman–Crippen LogP) is 3.70. The van der Waals surface area contributed by atoms with Crippen LogP contribution in [0.4, 0.5) is 4.79 Å². The molecule has 2 amide bonds. The van der Waals surface area contributed by atoms with E-state index in [1.807, 2.05) is 68.4 Å². The Bertz CT molecular complexity index is 779. The van der Waals surface area contributed by atoms with Crippen molar-refractivity contribution in [2.75, 3.05) is 13.7 Å². The summed E-state index contributed by atoms with van der Waals surface area (Å²) in [6, 6.07) is 16.5. The minimum Gasteiger partial charge on any atom is -0.496 e. The predicted molar refractivity (Wildman–Crippen MR) is 113 cm³/mol. The normalized spacial score (nSPS) is 12.5. The summed E-state index contributed by atoms with van der Waals surface area (Å²) in [5.74, 6) is 0.555. The van der Waals surface area contributed by atoms with Crippen LogP contribution >= 0.6 is 0 Å². The van der Waals surface area contributed by atoms with Gasteiger partial charge >= 0.3 is 6.09 Å². The van der Waals surface area contributed by atoms with Crippen LogP contribution in [-0.2, 0) is 22.6 Å². The molecule has 0 spiro atoms. The van der Waals surface area contributed by atoms with E-state index in [1.165, 1.54) is 0 Å². The van der Waals surface area contributed by atoms with Crippen LogP contribution in [0.1, 0.15) is 31.4 Å². The van der Waals surface area contributed by atoms with E-state index in [9.17, 15) is 9.59 Å². The van der Waals surface area contributed by atoms with Crippen LogP contribution in [0.25, 0.3) is 0 Å².